The van der Waals surface area contributed by atoms with Gasteiger partial charge in [0.15, 0.2) is 0 Å². The van der Waals surface area contributed by atoms with Gasteiger partial charge in [-0.05, 0) is 31.2 Å². The molecule has 0 unspecified atom stereocenters. The van der Waals surface area contributed by atoms with Gasteiger partial charge in [0.25, 0.3) is 0 Å². The number of rotatable bonds is 7. The number of thiocarbonyl (C=S) groups is 1. The third kappa shape index (κ3) is 4.20. The molecule has 0 aliphatic rings. The summed E-state index contributed by atoms with van der Waals surface area (Å²) < 4.78 is 5.84. The van der Waals surface area contributed by atoms with Crippen molar-refractivity contribution in [1.29, 1.82) is 0 Å². The summed E-state index contributed by atoms with van der Waals surface area (Å²) in [4.78, 5) is 2.63. The van der Waals surface area contributed by atoms with Gasteiger partial charge in [0, 0.05) is 12.2 Å². The molecule has 2 N–H and O–H groups in total. The van der Waals surface area contributed by atoms with Crippen LogP contribution in [0.4, 0.5) is 5.69 Å². The van der Waals surface area contributed by atoms with Crippen LogP contribution in [0, 0.1) is 0 Å². The van der Waals surface area contributed by atoms with Crippen molar-refractivity contribution >= 4 is 22.9 Å². The topological polar surface area (TPSA) is 38.5 Å². The van der Waals surface area contributed by atoms with Gasteiger partial charge in [-0.25, -0.2) is 0 Å². The average molecular weight is 300 g/mol. The Bertz CT molecular complexity index is 586. The average Bonchev–Trinajstić information content (AvgIpc) is 2.52. The van der Waals surface area contributed by atoms with Gasteiger partial charge in [-0.2, -0.15) is 0 Å². The van der Waals surface area contributed by atoms with E-state index in [9.17, 15) is 0 Å². The maximum atomic E-state index is 5.84. The van der Waals surface area contributed by atoms with Crippen molar-refractivity contribution in [3.8, 4) is 5.75 Å². The lowest BCUT2D eigenvalue weighted by Gasteiger charge is -2.23. The van der Waals surface area contributed by atoms with Gasteiger partial charge in [-0.15, -0.1) is 0 Å². The van der Waals surface area contributed by atoms with E-state index in [1.807, 2.05) is 42.5 Å². The molecule has 0 aromatic heterocycles. The molecular formula is C17H20N2OS. The van der Waals surface area contributed by atoms with Crippen molar-refractivity contribution in [3.05, 3.63) is 60.2 Å². The number of nitrogens with two attached hydrogens (primary N) is 1. The quantitative estimate of drug-likeness (QED) is 0.797. The highest BCUT2D eigenvalue weighted by atomic mass is 32.1. The highest BCUT2D eigenvalue weighted by molar-refractivity contribution is 7.80. The molecule has 3 nitrogen and oxygen atoms in total. The number of ether oxygens (including phenoxy) is 1. The molecule has 0 fully saturated rings. The Labute approximate surface area is 131 Å². The molecule has 0 amide bonds. The summed E-state index contributed by atoms with van der Waals surface area (Å²) in [6.07, 6.45) is 0. The fourth-order valence-electron chi connectivity index (χ4n) is 2.17. The van der Waals surface area contributed by atoms with Gasteiger partial charge in [0.05, 0.1) is 12.1 Å². The number of anilines is 1. The smallest absolute Gasteiger partial charge is 0.129 e. The van der Waals surface area contributed by atoms with E-state index in [-0.39, 0.29) is 0 Å². The second-order valence-corrected chi connectivity index (χ2v) is 5.06. The number of benzene rings is 2. The van der Waals surface area contributed by atoms with Gasteiger partial charge in [0.1, 0.15) is 17.3 Å². The monoisotopic (exact) mass is 300 g/mol. The number of hydrogen-bond donors (Lipinski definition) is 1. The van der Waals surface area contributed by atoms with E-state index < -0.39 is 0 Å². The molecule has 110 valence electrons. The summed E-state index contributed by atoms with van der Waals surface area (Å²) in [6.45, 7) is 4.47. The largest absolute Gasteiger partial charge is 0.491 e. The number of para-hydroxylation sites is 2. The van der Waals surface area contributed by atoms with Crippen molar-refractivity contribution in [2.75, 3.05) is 24.6 Å². The van der Waals surface area contributed by atoms with Crippen molar-refractivity contribution < 1.29 is 4.74 Å². The fourth-order valence-corrected chi connectivity index (χ4v) is 2.34. The zero-order chi connectivity index (χ0) is 15.1. The second-order valence-electron chi connectivity index (χ2n) is 4.62. The van der Waals surface area contributed by atoms with Crippen LogP contribution in [0.5, 0.6) is 5.75 Å². The molecule has 2 rings (SSSR count). The molecule has 2 aromatic carbocycles. The van der Waals surface area contributed by atoms with Crippen molar-refractivity contribution in [2.24, 2.45) is 5.73 Å². The van der Waals surface area contributed by atoms with E-state index in [4.69, 9.17) is 22.7 Å². The molecule has 0 spiro atoms. The Kier molecular flexibility index (Phi) is 5.58. The van der Waals surface area contributed by atoms with Crippen molar-refractivity contribution in [3.63, 3.8) is 0 Å². The fraction of sp³-hybridized carbons (Fsp3) is 0.235. The molecule has 21 heavy (non-hydrogen) atoms. The molecular weight excluding hydrogens is 280 g/mol. The summed E-state index contributed by atoms with van der Waals surface area (Å²) in [5.41, 5.74) is 7.69. The van der Waals surface area contributed by atoms with Crippen LogP contribution in [0.3, 0.4) is 0 Å². The molecule has 4 heteroatoms. The number of nitrogens with zero attached hydrogens (tertiary/aromatic N) is 1. The number of hydrogen-bond acceptors (Lipinski definition) is 3. The van der Waals surface area contributed by atoms with E-state index in [1.54, 1.807) is 0 Å². The van der Waals surface area contributed by atoms with Gasteiger partial charge in [0.2, 0.25) is 0 Å². The summed E-state index contributed by atoms with van der Waals surface area (Å²) in [5.74, 6) is 0.745. The molecule has 0 saturated heterocycles. The van der Waals surface area contributed by atoms with E-state index in [1.165, 1.54) is 5.69 Å². The van der Waals surface area contributed by atoms with Crippen LogP contribution in [-0.2, 0) is 0 Å². The van der Waals surface area contributed by atoms with Gasteiger partial charge in [-0.3, -0.25) is 0 Å². The zero-order valence-corrected chi connectivity index (χ0v) is 13.0. The van der Waals surface area contributed by atoms with Crippen molar-refractivity contribution in [1.82, 2.24) is 0 Å². The Balaban J connectivity index is 1.96. The molecule has 0 saturated carbocycles. The van der Waals surface area contributed by atoms with Gasteiger partial charge in [-0.1, -0.05) is 42.5 Å². The summed E-state index contributed by atoms with van der Waals surface area (Å²) in [5, 5.41) is 0. The first kappa shape index (κ1) is 15.3. The van der Waals surface area contributed by atoms with E-state index in [2.05, 4.69) is 24.0 Å². The van der Waals surface area contributed by atoms with Crippen LogP contribution >= 0.6 is 12.2 Å². The Morgan fingerprint density at radius 2 is 1.76 bits per heavy atom. The third-order valence-corrected chi connectivity index (χ3v) is 3.49. The van der Waals surface area contributed by atoms with Gasteiger partial charge < -0.3 is 15.4 Å². The van der Waals surface area contributed by atoms with Crippen LogP contribution in [-0.4, -0.2) is 24.7 Å². The lowest BCUT2D eigenvalue weighted by Crippen LogP contribution is -2.28. The summed E-state index contributed by atoms with van der Waals surface area (Å²) in [6, 6.07) is 17.9. The lowest BCUT2D eigenvalue weighted by atomic mass is 10.2. The molecule has 0 atom stereocenters. The van der Waals surface area contributed by atoms with Crippen LogP contribution in [0.15, 0.2) is 54.6 Å². The molecule has 0 aliphatic heterocycles. The van der Waals surface area contributed by atoms with Crippen LogP contribution in [0.1, 0.15) is 12.5 Å². The van der Waals surface area contributed by atoms with Gasteiger partial charge >= 0.3 is 0 Å². The van der Waals surface area contributed by atoms with E-state index in [0.29, 0.717) is 11.6 Å². The molecule has 2 aromatic rings. The maximum absolute atomic E-state index is 5.84. The highest BCUT2D eigenvalue weighted by Gasteiger charge is 2.07. The van der Waals surface area contributed by atoms with E-state index in [0.717, 1.165) is 24.4 Å². The minimum absolute atomic E-state index is 0.362. The molecule has 0 aliphatic carbocycles. The second kappa shape index (κ2) is 7.64. The predicted octanol–water partition coefficient (Wildman–Crippen LogP) is 3.23. The summed E-state index contributed by atoms with van der Waals surface area (Å²) >= 11 is 5.04. The summed E-state index contributed by atoms with van der Waals surface area (Å²) in [7, 11) is 0. The molecule has 0 radical (unpaired) electrons. The maximum Gasteiger partial charge on any atom is 0.129 e. The standard InChI is InChI=1S/C17H20N2OS/c1-2-19(14-8-4-3-5-9-14)12-13-20-16-11-7-6-10-15(16)17(18)21/h3-11H,2,12-13H2,1H3,(H2,18,21). The minimum atomic E-state index is 0.362. The molecule has 0 heterocycles. The Hall–Kier alpha value is -2.07. The zero-order valence-electron chi connectivity index (χ0n) is 12.2. The first-order valence-corrected chi connectivity index (χ1v) is 7.45. The Morgan fingerprint density at radius 1 is 1.10 bits per heavy atom. The minimum Gasteiger partial charge on any atom is -0.491 e. The first-order chi connectivity index (χ1) is 10.2. The first-order valence-electron chi connectivity index (χ1n) is 7.04. The van der Waals surface area contributed by atoms with Crippen molar-refractivity contribution in [2.45, 2.75) is 6.92 Å². The lowest BCUT2D eigenvalue weighted by molar-refractivity contribution is 0.323. The number of likely N-dealkylation sites (N-methyl/N-ethyl adjacent to an activating group) is 1. The van der Waals surface area contributed by atoms with Crippen LogP contribution < -0.4 is 15.4 Å². The SMILES string of the molecule is CCN(CCOc1ccccc1C(N)=S)c1ccccc1. The van der Waals surface area contributed by atoms with E-state index >= 15 is 0 Å². The van der Waals surface area contributed by atoms with Crippen LogP contribution in [0.2, 0.25) is 0 Å². The normalized spacial score (nSPS) is 10.1. The molecule has 0 bridgehead atoms. The van der Waals surface area contributed by atoms with Crippen LogP contribution in [0.25, 0.3) is 0 Å². The highest BCUT2D eigenvalue weighted by Crippen LogP contribution is 2.18. The predicted molar refractivity (Wildman–Crippen MR) is 92.2 cm³/mol. The Morgan fingerprint density at radius 3 is 2.43 bits per heavy atom. The third-order valence-electron chi connectivity index (χ3n) is 3.27.